The summed E-state index contributed by atoms with van der Waals surface area (Å²) in [6.07, 6.45) is 0.285. The van der Waals surface area contributed by atoms with E-state index >= 15 is 0 Å². The molecule has 0 saturated carbocycles. The SMILES string of the molecule is COCCOCCC(=O)NC(C(=O)NC(C)C(=O)Nc1ccc(COC(=O)N2c3cc(OCCCCCOc4cc5c(cc4OC)C(=O)N4C=C(C)CC4C(O)N5C(=O)OCc4ccc(NC(=O)C(C)NC(=O)C(N)C(C)C)cc4)c(OC)cc3C(=O)N3C=C(C)CC3C2O)cc1)C(C)C. The van der Waals surface area contributed by atoms with Gasteiger partial charge in [0.1, 0.15) is 31.3 Å². The number of benzene rings is 4. The Bertz CT molecular complexity index is 3700. The third-order valence-electron chi connectivity index (χ3n) is 17.3. The second-order valence-electron chi connectivity index (χ2n) is 25.6. The molecule has 8 atom stereocenters. The number of hydrogen-bond acceptors (Lipinski definition) is 20. The van der Waals surface area contributed by atoms with Crippen molar-refractivity contribution in [3.05, 3.63) is 119 Å². The normalized spacial score (nSPS) is 18.1. The Morgan fingerprint density at radius 3 is 1.39 bits per heavy atom. The number of fused-ring (bicyclic) bond motifs is 4. The van der Waals surface area contributed by atoms with Gasteiger partial charge in [-0.1, -0.05) is 63.1 Å². The average Bonchev–Trinajstić information content (AvgIpc) is 1.63. The van der Waals surface area contributed by atoms with Crippen LogP contribution in [0, 0.1) is 11.8 Å². The quantitative estimate of drug-likeness (QED) is 0.0246. The molecular weight excluding hydrogens is 1300 g/mol. The summed E-state index contributed by atoms with van der Waals surface area (Å²) < 4.78 is 45.9. The number of unbranched alkanes of at least 4 members (excludes halogenated alkanes) is 2. The molecule has 100 heavy (non-hydrogen) atoms. The first kappa shape index (κ1) is 76.0. The van der Waals surface area contributed by atoms with Gasteiger partial charge in [-0.25, -0.2) is 19.4 Å². The Hall–Kier alpha value is -9.81. The number of carbonyl (C=O) groups excluding carboxylic acids is 9. The molecule has 4 aliphatic rings. The van der Waals surface area contributed by atoms with Crippen molar-refractivity contribution in [2.45, 2.75) is 156 Å². The third-order valence-corrected chi connectivity index (χ3v) is 17.3. The predicted molar refractivity (Wildman–Crippen MR) is 367 cm³/mol. The van der Waals surface area contributed by atoms with Gasteiger partial charge in [-0.2, -0.15) is 0 Å². The van der Waals surface area contributed by atoms with Gasteiger partial charge in [0.2, 0.25) is 29.5 Å². The van der Waals surface area contributed by atoms with Crippen molar-refractivity contribution >= 4 is 76.3 Å². The van der Waals surface area contributed by atoms with E-state index in [0.717, 1.165) is 20.9 Å². The second kappa shape index (κ2) is 34.8. The molecule has 4 aliphatic heterocycles. The molecule has 4 heterocycles. The minimum Gasteiger partial charge on any atom is -0.493 e. The van der Waals surface area contributed by atoms with Crippen molar-refractivity contribution < 1.29 is 91.3 Å². The van der Waals surface area contributed by atoms with Gasteiger partial charge in [-0.3, -0.25) is 33.6 Å². The zero-order valence-electron chi connectivity index (χ0n) is 58.2. The fraction of sp³-hybridized carbons (Fsp3) is 0.479. The number of rotatable bonds is 31. The molecule has 540 valence electrons. The van der Waals surface area contributed by atoms with E-state index in [1.165, 1.54) is 62.1 Å². The highest BCUT2D eigenvalue weighted by Crippen LogP contribution is 2.44. The van der Waals surface area contributed by atoms with Gasteiger partial charge in [-0.15, -0.1) is 0 Å². The van der Waals surface area contributed by atoms with Gasteiger partial charge in [0.15, 0.2) is 35.5 Å². The van der Waals surface area contributed by atoms with E-state index in [-0.39, 0.29) is 116 Å². The lowest BCUT2D eigenvalue weighted by atomic mass is 10.0. The first-order valence-corrected chi connectivity index (χ1v) is 33.2. The third kappa shape index (κ3) is 18.7. The van der Waals surface area contributed by atoms with Crippen molar-refractivity contribution in [1.29, 1.82) is 0 Å². The Morgan fingerprint density at radius 1 is 0.540 bits per heavy atom. The van der Waals surface area contributed by atoms with Crippen LogP contribution in [-0.2, 0) is 56.1 Å². The number of ether oxygens (including phenoxy) is 8. The average molecular weight is 1390 g/mol. The van der Waals surface area contributed by atoms with E-state index in [1.807, 2.05) is 13.8 Å². The highest BCUT2D eigenvalue weighted by atomic mass is 16.6. The molecule has 8 unspecified atom stereocenters. The summed E-state index contributed by atoms with van der Waals surface area (Å²) >= 11 is 0. The van der Waals surface area contributed by atoms with Crippen LogP contribution in [0.4, 0.5) is 32.3 Å². The van der Waals surface area contributed by atoms with Gasteiger partial charge in [-0.05, 0) is 119 Å². The van der Waals surface area contributed by atoms with E-state index < -0.39 is 96.3 Å². The topological polar surface area (TPSA) is 367 Å². The number of aliphatic hydroxyl groups excluding tert-OH is 2. The van der Waals surface area contributed by atoms with Crippen molar-refractivity contribution in [2.75, 3.05) is 74.8 Å². The number of methoxy groups -OCH3 is 3. The van der Waals surface area contributed by atoms with Gasteiger partial charge in [0.25, 0.3) is 11.8 Å². The molecule has 0 saturated heterocycles. The molecule has 0 aliphatic carbocycles. The van der Waals surface area contributed by atoms with Gasteiger partial charge in [0.05, 0.1) is 87.9 Å². The zero-order chi connectivity index (χ0) is 72.6. The fourth-order valence-corrected chi connectivity index (χ4v) is 11.5. The number of amides is 9. The lowest BCUT2D eigenvalue weighted by Crippen LogP contribution is -2.53. The highest BCUT2D eigenvalue weighted by molar-refractivity contribution is 6.08. The van der Waals surface area contributed by atoms with Crippen molar-refractivity contribution in [3.63, 3.8) is 0 Å². The standard InChI is InChI=1S/C71H92N10O19/c1-39(2)60(72)64(85)73-43(7)62(83)75-47-19-15-45(16-20-47)37-99-70(91)80-51-33-57(55(94-10)31-49(51)66(87)78-35-41(5)29-53(78)68(80)89)97-24-13-12-14-25-98-58-34-52-50(32-56(58)95-11)67(88)79-36-42(6)30-54(79)69(90)81(52)71(92)100-38-46-17-21-48(22-18-46)76-63(84)44(8)74-65(86)61(40(3)4)77-59(82)23-26-96-28-27-93-9/h15-22,31-36,39-40,43-44,53-54,60-61,68-69,89-90H,12-14,23-30,37-38,72H2,1-11H3,(H,73,85)(H,74,86)(H,75,83)(H,76,84)(H,77,82). The first-order chi connectivity index (χ1) is 47.7. The molecule has 0 bridgehead atoms. The van der Waals surface area contributed by atoms with Crippen LogP contribution in [0.2, 0.25) is 0 Å². The van der Waals surface area contributed by atoms with Crippen LogP contribution < -0.4 is 61.1 Å². The smallest absolute Gasteiger partial charge is 0.416 e. The summed E-state index contributed by atoms with van der Waals surface area (Å²) in [5, 5.41) is 37.5. The van der Waals surface area contributed by atoms with Crippen LogP contribution in [0.3, 0.4) is 0 Å². The largest absolute Gasteiger partial charge is 0.493 e. The predicted octanol–water partition coefficient (Wildman–Crippen LogP) is 6.58. The van der Waals surface area contributed by atoms with E-state index in [0.29, 0.717) is 55.0 Å². The van der Waals surface area contributed by atoms with E-state index in [4.69, 9.17) is 43.6 Å². The molecule has 9 amide bonds. The second-order valence-corrected chi connectivity index (χ2v) is 25.6. The van der Waals surface area contributed by atoms with E-state index in [1.54, 1.807) is 95.7 Å². The number of carbonyl (C=O) groups is 9. The molecule has 4 aromatic carbocycles. The van der Waals surface area contributed by atoms with Crippen LogP contribution in [0.1, 0.15) is 126 Å². The van der Waals surface area contributed by atoms with Crippen LogP contribution in [0.25, 0.3) is 0 Å². The molecule has 4 aromatic rings. The summed E-state index contributed by atoms with van der Waals surface area (Å²) in [6, 6.07) is 13.4. The molecule has 0 fully saturated rings. The van der Waals surface area contributed by atoms with Gasteiger partial charge < -0.3 is 90.2 Å². The lowest BCUT2D eigenvalue weighted by molar-refractivity contribution is -0.132. The lowest BCUT2D eigenvalue weighted by Gasteiger charge is -2.31. The molecule has 8 rings (SSSR count). The molecule has 9 N–H and O–H groups in total. The Morgan fingerprint density at radius 2 is 0.980 bits per heavy atom. The number of nitrogens with one attached hydrogen (secondary N) is 5. The van der Waals surface area contributed by atoms with Crippen LogP contribution in [-0.4, -0.2) is 177 Å². The van der Waals surface area contributed by atoms with Crippen LogP contribution in [0.5, 0.6) is 23.0 Å². The molecule has 29 heteroatoms. The van der Waals surface area contributed by atoms with Crippen molar-refractivity contribution in [3.8, 4) is 23.0 Å². The minimum atomic E-state index is -1.57. The van der Waals surface area contributed by atoms with Crippen molar-refractivity contribution in [1.82, 2.24) is 25.8 Å². The number of nitrogens with zero attached hydrogens (tertiary/aromatic N) is 4. The maximum Gasteiger partial charge on any atom is 0.416 e. The molecular formula is C71H92N10O19. The Balaban J connectivity index is 0.876. The molecule has 29 nitrogen and oxygen atoms in total. The van der Waals surface area contributed by atoms with E-state index in [9.17, 15) is 53.4 Å². The van der Waals surface area contributed by atoms with Crippen LogP contribution >= 0.6 is 0 Å². The molecule has 0 radical (unpaired) electrons. The summed E-state index contributed by atoms with van der Waals surface area (Å²) in [4.78, 5) is 126. The summed E-state index contributed by atoms with van der Waals surface area (Å²) in [6.45, 7) is 14.4. The summed E-state index contributed by atoms with van der Waals surface area (Å²) in [5.74, 6) is -3.05. The van der Waals surface area contributed by atoms with Gasteiger partial charge >= 0.3 is 12.2 Å². The summed E-state index contributed by atoms with van der Waals surface area (Å²) in [5.41, 5.74) is 9.50. The maximum atomic E-state index is 14.3. The highest BCUT2D eigenvalue weighted by Gasteiger charge is 2.47. The van der Waals surface area contributed by atoms with Crippen molar-refractivity contribution in [2.24, 2.45) is 17.6 Å². The Kier molecular flexibility index (Phi) is 26.4. The van der Waals surface area contributed by atoms with Gasteiger partial charge in [0, 0.05) is 49.4 Å². The number of nitrogens with two attached hydrogens (primary N) is 1. The van der Waals surface area contributed by atoms with Crippen LogP contribution in [0.15, 0.2) is 96.3 Å². The fourth-order valence-electron chi connectivity index (χ4n) is 11.5. The minimum absolute atomic E-state index is 0.0114. The number of anilines is 4. The number of hydrogen-bond donors (Lipinski definition) is 8. The molecule has 0 spiro atoms. The van der Waals surface area contributed by atoms with E-state index in [2.05, 4.69) is 26.6 Å². The molecule has 0 aromatic heterocycles. The first-order valence-electron chi connectivity index (χ1n) is 33.2. The Labute approximate surface area is 580 Å². The maximum absolute atomic E-state index is 14.3. The monoisotopic (exact) mass is 1390 g/mol. The number of aliphatic hydroxyl groups is 2. The zero-order valence-corrected chi connectivity index (χ0v) is 58.2. The summed E-state index contributed by atoms with van der Waals surface area (Å²) in [7, 11) is 4.36.